The quantitative estimate of drug-likeness (QED) is 0.637. The first-order valence-corrected chi connectivity index (χ1v) is 4.88. The number of hydrogen-bond donors (Lipinski definition) is 0. The predicted octanol–water partition coefficient (Wildman–Crippen LogP) is 1.88. The van der Waals surface area contributed by atoms with Crippen LogP contribution in [-0.2, 0) is 0 Å². The average Bonchev–Trinajstić information content (AvgIpc) is 2.00. The molecule has 1 unspecified atom stereocenters. The number of hydrogen-bond acceptors (Lipinski definition) is 2. The fourth-order valence-corrected chi connectivity index (χ4v) is 1.84. The summed E-state index contributed by atoms with van der Waals surface area (Å²) in [6.45, 7) is 7.64. The van der Waals surface area contributed by atoms with Gasteiger partial charge in [0.1, 0.15) is 0 Å². The van der Waals surface area contributed by atoms with Crippen molar-refractivity contribution in [3.8, 4) is 6.07 Å². The fraction of sp³-hybridized carbons (Fsp3) is 0.900. The van der Waals surface area contributed by atoms with E-state index < -0.39 is 0 Å². The van der Waals surface area contributed by atoms with Crippen LogP contribution in [0.4, 0.5) is 0 Å². The highest BCUT2D eigenvalue weighted by molar-refractivity contribution is 4.86. The van der Waals surface area contributed by atoms with Crippen LogP contribution >= 0.6 is 0 Å². The fourth-order valence-electron chi connectivity index (χ4n) is 1.84. The summed E-state index contributed by atoms with van der Waals surface area (Å²) in [5.41, 5.74) is 0. The lowest BCUT2D eigenvalue weighted by molar-refractivity contribution is 0.0857. The standard InChI is InChI=1S/C10H18N2/c1-3-4-10-7-12(8-10)6-9(2)5-11/h9-10H,3-4,6-8H2,1-2H3. The smallest absolute Gasteiger partial charge is 0.0666 e. The molecule has 1 fully saturated rings. The second-order valence-electron chi connectivity index (χ2n) is 3.90. The molecule has 0 radical (unpaired) electrons. The predicted molar refractivity (Wildman–Crippen MR) is 49.6 cm³/mol. The van der Waals surface area contributed by atoms with Gasteiger partial charge in [0.05, 0.1) is 12.0 Å². The third-order valence-corrected chi connectivity index (χ3v) is 2.48. The summed E-state index contributed by atoms with van der Waals surface area (Å²) in [6, 6.07) is 2.27. The van der Waals surface area contributed by atoms with Gasteiger partial charge in [-0.05, 0) is 19.3 Å². The third-order valence-electron chi connectivity index (χ3n) is 2.48. The molecule has 0 bridgehead atoms. The molecule has 1 saturated heterocycles. The van der Waals surface area contributed by atoms with Gasteiger partial charge < -0.3 is 4.90 Å². The van der Waals surface area contributed by atoms with Crippen molar-refractivity contribution in [1.82, 2.24) is 4.90 Å². The van der Waals surface area contributed by atoms with Crippen molar-refractivity contribution >= 4 is 0 Å². The Morgan fingerprint density at radius 1 is 1.58 bits per heavy atom. The van der Waals surface area contributed by atoms with Gasteiger partial charge in [-0.15, -0.1) is 0 Å². The molecular weight excluding hydrogens is 148 g/mol. The van der Waals surface area contributed by atoms with E-state index in [9.17, 15) is 0 Å². The number of nitrogens with zero attached hydrogens (tertiary/aromatic N) is 2. The average molecular weight is 166 g/mol. The summed E-state index contributed by atoms with van der Waals surface area (Å²) in [5.74, 6) is 1.12. The van der Waals surface area contributed by atoms with Crippen LogP contribution < -0.4 is 0 Å². The van der Waals surface area contributed by atoms with Gasteiger partial charge in [-0.2, -0.15) is 5.26 Å². The van der Waals surface area contributed by atoms with Crippen LogP contribution in [0.5, 0.6) is 0 Å². The lowest BCUT2D eigenvalue weighted by atomic mass is 9.94. The van der Waals surface area contributed by atoms with Gasteiger partial charge in [-0.25, -0.2) is 0 Å². The van der Waals surface area contributed by atoms with Crippen molar-refractivity contribution in [2.75, 3.05) is 19.6 Å². The molecule has 2 nitrogen and oxygen atoms in total. The van der Waals surface area contributed by atoms with Crippen molar-refractivity contribution in [1.29, 1.82) is 5.26 Å². The van der Waals surface area contributed by atoms with E-state index in [-0.39, 0.29) is 5.92 Å². The Labute approximate surface area is 75.2 Å². The second kappa shape index (κ2) is 4.47. The molecule has 1 aliphatic heterocycles. The van der Waals surface area contributed by atoms with E-state index in [1.807, 2.05) is 6.92 Å². The Hall–Kier alpha value is -0.550. The summed E-state index contributed by atoms with van der Waals surface area (Å²) in [5, 5.41) is 8.60. The Morgan fingerprint density at radius 3 is 2.75 bits per heavy atom. The van der Waals surface area contributed by atoms with E-state index in [1.165, 1.54) is 25.9 Å². The lowest BCUT2D eigenvalue weighted by Gasteiger charge is -2.39. The van der Waals surface area contributed by atoms with Gasteiger partial charge in [0.2, 0.25) is 0 Å². The molecule has 0 aliphatic carbocycles. The van der Waals surface area contributed by atoms with Crippen molar-refractivity contribution in [3.05, 3.63) is 0 Å². The SMILES string of the molecule is CCCC1CN(CC(C)C#N)C1. The molecule has 2 heteroatoms. The van der Waals surface area contributed by atoms with E-state index in [1.54, 1.807) is 0 Å². The molecule has 1 rings (SSSR count). The number of nitriles is 1. The molecule has 0 amide bonds. The van der Waals surface area contributed by atoms with Gasteiger partial charge in [0, 0.05) is 19.6 Å². The van der Waals surface area contributed by atoms with Crippen LogP contribution in [0.25, 0.3) is 0 Å². The van der Waals surface area contributed by atoms with Crippen LogP contribution in [0.3, 0.4) is 0 Å². The maximum Gasteiger partial charge on any atom is 0.0666 e. The van der Waals surface area contributed by atoms with Gasteiger partial charge in [0.15, 0.2) is 0 Å². The maximum absolute atomic E-state index is 8.60. The largest absolute Gasteiger partial charge is 0.301 e. The molecule has 12 heavy (non-hydrogen) atoms. The van der Waals surface area contributed by atoms with E-state index in [4.69, 9.17) is 5.26 Å². The van der Waals surface area contributed by atoms with Crippen molar-refractivity contribution in [2.45, 2.75) is 26.7 Å². The molecule has 0 N–H and O–H groups in total. The first kappa shape index (κ1) is 9.54. The minimum absolute atomic E-state index is 0.201. The minimum atomic E-state index is 0.201. The van der Waals surface area contributed by atoms with Gasteiger partial charge in [0.25, 0.3) is 0 Å². The Kier molecular flexibility index (Phi) is 3.55. The van der Waals surface area contributed by atoms with E-state index in [0.29, 0.717) is 0 Å². The Balaban J connectivity index is 2.06. The van der Waals surface area contributed by atoms with E-state index >= 15 is 0 Å². The van der Waals surface area contributed by atoms with Crippen molar-refractivity contribution in [3.63, 3.8) is 0 Å². The third kappa shape index (κ3) is 2.49. The van der Waals surface area contributed by atoms with Crippen molar-refractivity contribution in [2.24, 2.45) is 11.8 Å². The zero-order valence-electron chi connectivity index (χ0n) is 8.08. The van der Waals surface area contributed by atoms with Crippen LogP contribution in [0.2, 0.25) is 0 Å². The highest BCUT2D eigenvalue weighted by atomic mass is 15.2. The number of rotatable bonds is 4. The molecule has 1 heterocycles. The normalized spacial score (nSPS) is 21.4. The first-order valence-electron chi connectivity index (χ1n) is 4.88. The van der Waals surface area contributed by atoms with Gasteiger partial charge in [-0.3, -0.25) is 0 Å². The molecular formula is C10H18N2. The summed E-state index contributed by atoms with van der Waals surface area (Å²) in [6.07, 6.45) is 2.66. The summed E-state index contributed by atoms with van der Waals surface area (Å²) in [4.78, 5) is 2.38. The summed E-state index contributed by atoms with van der Waals surface area (Å²) in [7, 11) is 0. The van der Waals surface area contributed by atoms with Gasteiger partial charge in [-0.1, -0.05) is 13.3 Å². The molecule has 0 saturated carbocycles. The minimum Gasteiger partial charge on any atom is -0.301 e. The molecule has 1 aliphatic rings. The zero-order valence-corrected chi connectivity index (χ0v) is 8.08. The van der Waals surface area contributed by atoms with Crippen LogP contribution in [-0.4, -0.2) is 24.5 Å². The molecule has 0 aromatic rings. The zero-order chi connectivity index (χ0) is 8.97. The molecule has 68 valence electrons. The number of likely N-dealkylation sites (tertiary alicyclic amines) is 1. The molecule has 0 aromatic carbocycles. The molecule has 1 atom stereocenters. The van der Waals surface area contributed by atoms with Crippen molar-refractivity contribution < 1.29 is 0 Å². The summed E-state index contributed by atoms with van der Waals surface area (Å²) < 4.78 is 0. The maximum atomic E-state index is 8.60. The first-order chi connectivity index (χ1) is 5.76. The topological polar surface area (TPSA) is 27.0 Å². The van der Waals surface area contributed by atoms with E-state index in [2.05, 4.69) is 17.9 Å². The van der Waals surface area contributed by atoms with Crippen LogP contribution in [0.1, 0.15) is 26.7 Å². The molecule has 0 aromatic heterocycles. The van der Waals surface area contributed by atoms with Crippen LogP contribution in [0.15, 0.2) is 0 Å². The second-order valence-corrected chi connectivity index (χ2v) is 3.90. The Morgan fingerprint density at radius 2 is 2.25 bits per heavy atom. The van der Waals surface area contributed by atoms with Crippen LogP contribution in [0, 0.1) is 23.2 Å². The van der Waals surface area contributed by atoms with E-state index in [0.717, 1.165) is 12.5 Å². The highest BCUT2D eigenvalue weighted by Crippen LogP contribution is 2.20. The lowest BCUT2D eigenvalue weighted by Crippen LogP contribution is -2.48. The van der Waals surface area contributed by atoms with Gasteiger partial charge >= 0.3 is 0 Å². The Bertz CT molecular complexity index is 165. The molecule has 0 spiro atoms. The highest BCUT2D eigenvalue weighted by Gasteiger charge is 2.26. The summed E-state index contributed by atoms with van der Waals surface area (Å²) >= 11 is 0. The monoisotopic (exact) mass is 166 g/mol.